The number of carbonyl (C=O) groups excluding carboxylic acids is 1. The van der Waals surface area contributed by atoms with Crippen LogP contribution in [-0.4, -0.2) is 23.0 Å². The van der Waals surface area contributed by atoms with Crippen molar-refractivity contribution in [3.8, 4) is 5.75 Å². The maximum absolute atomic E-state index is 13.6. The molecule has 0 aliphatic rings. The third-order valence-corrected chi connectivity index (χ3v) is 3.22. The number of rotatable bonds is 3. The Morgan fingerprint density at radius 1 is 1.30 bits per heavy atom. The van der Waals surface area contributed by atoms with E-state index in [2.05, 4.69) is 0 Å². The number of amides is 1. The molecule has 5 heteroatoms. The maximum atomic E-state index is 13.6. The molecule has 0 atom stereocenters. The SMILES string of the molecule is CN(Cc1ccccc1F)C(=O)c1cc(O)ccc1Cl. The maximum Gasteiger partial charge on any atom is 0.255 e. The van der Waals surface area contributed by atoms with Gasteiger partial charge < -0.3 is 10.0 Å². The molecule has 1 amide bonds. The van der Waals surface area contributed by atoms with Gasteiger partial charge in [0.05, 0.1) is 10.6 Å². The quantitative estimate of drug-likeness (QED) is 0.941. The second-order valence-corrected chi connectivity index (χ2v) is 4.82. The van der Waals surface area contributed by atoms with Gasteiger partial charge in [0.2, 0.25) is 0 Å². The number of phenolic OH excluding ortho intramolecular Hbond substituents is 1. The second-order valence-electron chi connectivity index (χ2n) is 4.42. The fraction of sp³-hybridized carbons (Fsp3) is 0.133. The van der Waals surface area contributed by atoms with E-state index in [-0.39, 0.29) is 34.6 Å². The summed E-state index contributed by atoms with van der Waals surface area (Å²) in [5.41, 5.74) is 0.602. The third kappa shape index (κ3) is 3.08. The number of benzene rings is 2. The van der Waals surface area contributed by atoms with Gasteiger partial charge in [-0.2, -0.15) is 0 Å². The van der Waals surface area contributed by atoms with E-state index in [1.165, 1.54) is 29.2 Å². The summed E-state index contributed by atoms with van der Waals surface area (Å²) in [7, 11) is 1.55. The first-order valence-electron chi connectivity index (χ1n) is 5.96. The fourth-order valence-electron chi connectivity index (χ4n) is 1.84. The van der Waals surface area contributed by atoms with E-state index in [9.17, 15) is 14.3 Å². The van der Waals surface area contributed by atoms with E-state index < -0.39 is 0 Å². The van der Waals surface area contributed by atoms with Crippen LogP contribution < -0.4 is 0 Å². The summed E-state index contributed by atoms with van der Waals surface area (Å²) in [6, 6.07) is 10.4. The predicted octanol–water partition coefficient (Wildman–Crippen LogP) is 3.46. The Morgan fingerprint density at radius 3 is 2.70 bits per heavy atom. The van der Waals surface area contributed by atoms with E-state index in [4.69, 9.17) is 11.6 Å². The van der Waals surface area contributed by atoms with Crippen LogP contribution in [0.25, 0.3) is 0 Å². The molecule has 3 nitrogen and oxygen atoms in total. The van der Waals surface area contributed by atoms with Crippen LogP contribution >= 0.6 is 11.6 Å². The van der Waals surface area contributed by atoms with Crippen LogP contribution in [0.5, 0.6) is 5.75 Å². The molecule has 0 fully saturated rings. The molecule has 104 valence electrons. The normalized spacial score (nSPS) is 10.3. The molecule has 0 aromatic heterocycles. The number of hydrogen-bond donors (Lipinski definition) is 1. The molecule has 0 radical (unpaired) electrons. The smallest absolute Gasteiger partial charge is 0.255 e. The minimum absolute atomic E-state index is 0.0444. The first kappa shape index (κ1) is 14.3. The molecule has 0 aliphatic carbocycles. The summed E-state index contributed by atoms with van der Waals surface area (Å²) >= 11 is 5.94. The highest BCUT2D eigenvalue weighted by Gasteiger charge is 2.17. The zero-order valence-corrected chi connectivity index (χ0v) is 11.6. The highest BCUT2D eigenvalue weighted by Crippen LogP contribution is 2.23. The fourth-order valence-corrected chi connectivity index (χ4v) is 2.04. The lowest BCUT2D eigenvalue weighted by Crippen LogP contribution is -2.26. The van der Waals surface area contributed by atoms with Gasteiger partial charge in [0.15, 0.2) is 0 Å². The summed E-state index contributed by atoms with van der Waals surface area (Å²) in [5.74, 6) is -0.791. The van der Waals surface area contributed by atoms with Gasteiger partial charge in [0, 0.05) is 19.2 Å². The molecule has 0 saturated heterocycles. The van der Waals surface area contributed by atoms with E-state index in [0.717, 1.165) is 0 Å². The Hall–Kier alpha value is -2.07. The average Bonchev–Trinajstić information content (AvgIpc) is 2.43. The van der Waals surface area contributed by atoms with Crippen molar-refractivity contribution in [1.29, 1.82) is 0 Å². The topological polar surface area (TPSA) is 40.5 Å². The molecular weight excluding hydrogens is 281 g/mol. The van der Waals surface area contributed by atoms with Crippen LogP contribution in [0.3, 0.4) is 0 Å². The number of phenols is 1. The first-order valence-corrected chi connectivity index (χ1v) is 6.34. The Morgan fingerprint density at radius 2 is 2.00 bits per heavy atom. The van der Waals surface area contributed by atoms with Crippen molar-refractivity contribution in [1.82, 2.24) is 4.90 Å². The van der Waals surface area contributed by atoms with Gasteiger partial charge >= 0.3 is 0 Å². The van der Waals surface area contributed by atoms with Gasteiger partial charge in [-0.05, 0) is 24.3 Å². The van der Waals surface area contributed by atoms with Crippen LogP contribution in [0.4, 0.5) is 4.39 Å². The van der Waals surface area contributed by atoms with Crippen LogP contribution in [0, 0.1) is 5.82 Å². The molecule has 2 rings (SSSR count). The van der Waals surface area contributed by atoms with E-state index in [1.54, 1.807) is 25.2 Å². The zero-order chi connectivity index (χ0) is 14.7. The van der Waals surface area contributed by atoms with Crippen molar-refractivity contribution in [3.63, 3.8) is 0 Å². The molecule has 0 heterocycles. The summed E-state index contributed by atoms with van der Waals surface area (Å²) < 4.78 is 13.6. The standard InChI is InChI=1S/C15H13ClFNO2/c1-18(9-10-4-2-3-5-14(10)17)15(20)12-8-11(19)6-7-13(12)16/h2-8,19H,9H2,1H3. The molecule has 2 aromatic rings. The summed E-state index contributed by atoms with van der Waals surface area (Å²) in [6.07, 6.45) is 0. The minimum Gasteiger partial charge on any atom is -0.508 e. The van der Waals surface area contributed by atoms with Crippen molar-refractivity contribution < 1.29 is 14.3 Å². The molecule has 2 aromatic carbocycles. The second kappa shape index (κ2) is 5.92. The molecule has 0 spiro atoms. The molecular formula is C15H13ClFNO2. The van der Waals surface area contributed by atoms with Crippen LogP contribution in [0.2, 0.25) is 5.02 Å². The molecule has 1 N–H and O–H groups in total. The average molecular weight is 294 g/mol. The number of hydrogen-bond acceptors (Lipinski definition) is 2. The van der Waals surface area contributed by atoms with Crippen molar-refractivity contribution >= 4 is 17.5 Å². The van der Waals surface area contributed by atoms with E-state index in [0.29, 0.717) is 5.56 Å². The van der Waals surface area contributed by atoms with Crippen molar-refractivity contribution in [2.75, 3.05) is 7.05 Å². The molecule has 0 bridgehead atoms. The van der Waals surface area contributed by atoms with E-state index in [1.807, 2.05) is 0 Å². The van der Waals surface area contributed by atoms with Gasteiger partial charge in [-0.1, -0.05) is 29.8 Å². The summed E-state index contributed by atoms with van der Waals surface area (Å²) in [4.78, 5) is 13.6. The largest absolute Gasteiger partial charge is 0.508 e. The van der Waals surface area contributed by atoms with Gasteiger partial charge in [-0.25, -0.2) is 4.39 Å². The Balaban J connectivity index is 2.21. The molecule has 0 saturated carbocycles. The molecule has 0 unspecified atom stereocenters. The highest BCUT2D eigenvalue weighted by molar-refractivity contribution is 6.33. The Labute approximate surface area is 121 Å². The highest BCUT2D eigenvalue weighted by atomic mass is 35.5. The van der Waals surface area contributed by atoms with Gasteiger partial charge in [-0.15, -0.1) is 0 Å². The zero-order valence-electron chi connectivity index (χ0n) is 10.8. The lowest BCUT2D eigenvalue weighted by molar-refractivity contribution is 0.0783. The number of halogens is 2. The minimum atomic E-state index is -0.380. The van der Waals surface area contributed by atoms with Crippen molar-refractivity contribution in [3.05, 3.63) is 64.4 Å². The van der Waals surface area contributed by atoms with Crippen LogP contribution in [0.1, 0.15) is 15.9 Å². The molecule has 20 heavy (non-hydrogen) atoms. The summed E-state index contributed by atoms with van der Waals surface area (Å²) in [6.45, 7) is 0.123. The van der Waals surface area contributed by atoms with Crippen molar-refractivity contribution in [2.45, 2.75) is 6.54 Å². The van der Waals surface area contributed by atoms with Crippen LogP contribution in [0.15, 0.2) is 42.5 Å². The number of aromatic hydroxyl groups is 1. The lowest BCUT2D eigenvalue weighted by Gasteiger charge is -2.18. The van der Waals surface area contributed by atoms with Crippen LogP contribution in [-0.2, 0) is 6.54 Å². The lowest BCUT2D eigenvalue weighted by atomic mass is 10.1. The first-order chi connectivity index (χ1) is 9.49. The van der Waals surface area contributed by atoms with Crippen molar-refractivity contribution in [2.24, 2.45) is 0 Å². The number of nitrogens with zero attached hydrogens (tertiary/aromatic N) is 1. The van der Waals surface area contributed by atoms with E-state index >= 15 is 0 Å². The number of carbonyl (C=O) groups is 1. The monoisotopic (exact) mass is 293 g/mol. The Kier molecular flexibility index (Phi) is 4.25. The predicted molar refractivity (Wildman–Crippen MR) is 75.3 cm³/mol. The molecule has 0 aliphatic heterocycles. The Bertz CT molecular complexity index is 646. The third-order valence-electron chi connectivity index (χ3n) is 2.89. The van der Waals surface area contributed by atoms with Gasteiger partial charge in [0.1, 0.15) is 11.6 Å². The summed E-state index contributed by atoms with van der Waals surface area (Å²) in [5, 5.41) is 9.66. The van der Waals surface area contributed by atoms with Gasteiger partial charge in [-0.3, -0.25) is 4.79 Å². The van der Waals surface area contributed by atoms with Gasteiger partial charge in [0.25, 0.3) is 5.91 Å².